The quantitative estimate of drug-likeness (QED) is 0.589. The number of carbonyl (C=O) groups excluding carboxylic acids is 1. The van der Waals surface area contributed by atoms with Gasteiger partial charge in [-0.15, -0.1) is 11.6 Å². The number of halogens is 1. The Morgan fingerprint density at radius 2 is 2.00 bits per heavy atom. The van der Waals surface area contributed by atoms with E-state index in [0.717, 1.165) is 17.1 Å². The maximum atomic E-state index is 11.1. The van der Waals surface area contributed by atoms with E-state index in [4.69, 9.17) is 21.1 Å². The van der Waals surface area contributed by atoms with E-state index >= 15 is 0 Å². The number of esters is 1. The van der Waals surface area contributed by atoms with Crippen LogP contribution >= 0.6 is 11.6 Å². The minimum Gasteiger partial charge on any atom is -0.497 e. The molecule has 1 aromatic carbocycles. The molecular weight excluding hydrogens is 256 g/mol. The minimum absolute atomic E-state index is 0.165. The fraction of sp³-hybridized carbons (Fsp3) is 0.462. The second-order valence-corrected chi connectivity index (χ2v) is 4.38. The number of ether oxygens (including phenoxy) is 3. The first-order valence-electron chi connectivity index (χ1n) is 5.52. The van der Waals surface area contributed by atoms with Crippen molar-refractivity contribution in [2.45, 2.75) is 18.2 Å². The van der Waals surface area contributed by atoms with Crippen LogP contribution in [0.15, 0.2) is 18.2 Å². The minimum atomic E-state index is -0.335. The lowest BCUT2D eigenvalue weighted by Gasteiger charge is -2.13. The number of rotatable bonds is 6. The largest absolute Gasteiger partial charge is 0.497 e. The Balaban J connectivity index is 2.78. The summed E-state index contributed by atoms with van der Waals surface area (Å²) in [6.45, 7) is 0. The summed E-state index contributed by atoms with van der Waals surface area (Å²) in [5.74, 6) is 1.14. The third-order valence-electron chi connectivity index (χ3n) is 2.54. The van der Waals surface area contributed by atoms with Gasteiger partial charge in [-0.1, -0.05) is 0 Å². The first kappa shape index (κ1) is 14.6. The van der Waals surface area contributed by atoms with Gasteiger partial charge >= 0.3 is 5.97 Å². The van der Waals surface area contributed by atoms with Gasteiger partial charge in [0.25, 0.3) is 0 Å². The van der Waals surface area contributed by atoms with Crippen LogP contribution in [0.4, 0.5) is 0 Å². The summed E-state index contributed by atoms with van der Waals surface area (Å²) in [7, 11) is 4.53. The van der Waals surface area contributed by atoms with Crippen LogP contribution in [0.5, 0.6) is 11.5 Å². The number of benzene rings is 1. The molecule has 0 aliphatic carbocycles. The fourth-order valence-corrected chi connectivity index (χ4v) is 1.91. The van der Waals surface area contributed by atoms with Crippen LogP contribution < -0.4 is 9.47 Å². The summed E-state index contributed by atoms with van der Waals surface area (Å²) in [6, 6.07) is 5.48. The molecule has 0 radical (unpaired) electrons. The van der Waals surface area contributed by atoms with Gasteiger partial charge in [0.05, 0.1) is 27.8 Å². The van der Waals surface area contributed by atoms with Gasteiger partial charge in [-0.25, -0.2) is 0 Å². The summed E-state index contributed by atoms with van der Waals surface area (Å²) in [6.07, 6.45) is 0.676. The van der Waals surface area contributed by atoms with Crippen molar-refractivity contribution in [2.24, 2.45) is 0 Å². The molecule has 0 saturated carbocycles. The van der Waals surface area contributed by atoms with Crippen LogP contribution in [0, 0.1) is 0 Å². The van der Waals surface area contributed by atoms with Gasteiger partial charge in [0.1, 0.15) is 11.5 Å². The number of alkyl halides is 1. The Bertz CT molecular complexity index is 406. The van der Waals surface area contributed by atoms with Crippen LogP contribution in [0.25, 0.3) is 0 Å². The third kappa shape index (κ3) is 4.11. The van der Waals surface area contributed by atoms with Gasteiger partial charge in [-0.3, -0.25) is 4.79 Å². The second kappa shape index (κ2) is 7.11. The molecule has 4 nitrogen and oxygen atoms in total. The highest BCUT2D eigenvalue weighted by atomic mass is 35.5. The van der Waals surface area contributed by atoms with E-state index < -0.39 is 0 Å². The van der Waals surface area contributed by atoms with E-state index in [1.54, 1.807) is 14.2 Å². The molecule has 1 aromatic rings. The fourth-order valence-electron chi connectivity index (χ4n) is 1.62. The van der Waals surface area contributed by atoms with Crippen molar-refractivity contribution in [1.29, 1.82) is 0 Å². The van der Waals surface area contributed by atoms with E-state index in [1.807, 2.05) is 18.2 Å². The lowest BCUT2D eigenvalue weighted by molar-refractivity contribution is -0.140. The van der Waals surface area contributed by atoms with Crippen molar-refractivity contribution in [2.75, 3.05) is 21.3 Å². The summed E-state index contributed by atoms with van der Waals surface area (Å²) in [5, 5.41) is -0.335. The van der Waals surface area contributed by atoms with Crippen molar-refractivity contribution in [3.63, 3.8) is 0 Å². The maximum absolute atomic E-state index is 11.1. The average Bonchev–Trinajstić information content (AvgIpc) is 2.38. The lowest BCUT2D eigenvalue weighted by Crippen LogP contribution is -2.12. The lowest BCUT2D eigenvalue weighted by atomic mass is 10.1. The average molecular weight is 273 g/mol. The smallest absolute Gasteiger partial charge is 0.307 e. The van der Waals surface area contributed by atoms with Crippen LogP contribution in [0.1, 0.15) is 12.0 Å². The van der Waals surface area contributed by atoms with Gasteiger partial charge in [0, 0.05) is 5.38 Å². The first-order valence-corrected chi connectivity index (χ1v) is 5.96. The van der Waals surface area contributed by atoms with Gasteiger partial charge in [-0.05, 0) is 30.2 Å². The van der Waals surface area contributed by atoms with E-state index in [0.29, 0.717) is 6.42 Å². The number of methoxy groups -OCH3 is 3. The highest BCUT2D eigenvalue weighted by molar-refractivity contribution is 6.21. The van der Waals surface area contributed by atoms with E-state index in [9.17, 15) is 4.79 Å². The molecule has 5 heteroatoms. The predicted octanol–water partition coefficient (Wildman–Crippen LogP) is 2.42. The standard InChI is InChI=1S/C13H17ClO4/c1-16-11-4-5-12(17-2)9(7-11)6-10(14)8-13(15)18-3/h4-5,7,10H,6,8H2,1-3H3. The maximum Gasteiger partial charge on any atom is 0.307 e. The van der Waals surface area contributed by atoms with E-state index in [-0.39, 0.29) is 17.8 Å². The molecule has 0 aliphatic rings. The molecule has 0 aliphatic heterocycles. The van der Waals surface area contributed by atoms with Crippen molar-refractivity contribution in [3.8, 4) is 11.5 Å². The molecule has 0 aromatic heterocycles. The zero-order chi connectivity index (χ0) is 13.5. The third-order valence-corrected chi connectivity index (χ3v) is 2.85. The zero-order valence-corrected chi connectivity index (χ0v) is 11.5. The Hall–Kier alpha value is -1.42. The second-order valence-electron chi connectivity index (χ2n) is 3.76. The molecule has 1 unspecified atom stereocenters. The monoisotopic (exact) mass is 272 g/mol. The van der Waals surface area contributed by atoms with Gasteiger partial charge in [-0.2, -0.15) is 0 Å². The Labute approximate surface area is 112 Å². The summed E-state index contributed by atoms with van der Waals surface area (Å²) in [5.41, 5.74) is 0.903. The summed E-state index contributed by atoms with van der Waals surface area (Å²) >= 11 is 6.12. The number of hydrogen-bond donors (Lipinski definition) is 0. The number of hydrogen-bond acceptors (Lipinski definition) is 4. The van der Waals surface area contributed by atoms with Crippen LogP contribution in [-0.4, -0.2) is 32.7 Å². The first-order chi connectivity index (χ1) is 8.60. The topological polar surface area (TPSA) is 44.8 Å². The van der Waals surface area contributed by atoms with Crippen LogP contribution in [0.3, 0.4) is 0 Å². The predicted molar refractivity (Wildman–Crippen MR) is 69.5 cm³/mol. The van der Waals surface area contributed by atoms with Gasteiger partial charge < -0.3 is 14.2 Å². The van der Waals surface area contributed by atoms with Crippen molar-refractivity contribution in [3.05, 3.63) is 23.8 Å². The Kier molecular flexibility index (Phi) is 5.78. The highest BCUT2D eigenvalue weighted by Gasteiger charge is 2.15. The van der Waals surface area contributed by atoms with E-state index in [2.05, 4.69) is 4.74 Å². The Morgan fingerprint density at radius 1 is 1.28 bits per heavy atom. The van der Waals surface area contributed by atoms with Crippen LogP contribution in [-0.2, 0) is 16.0 Å². The molecule has 0 fully saturated rings. The van der Waals surface area contributed by atoms with Gasteiger partial charge in [0.15, 0.2) is 0 Å². The molecular formula is C13H17ClO4. The van der Waals surface area contributed by atoms with Crippen molar-refractivity contribution in [1.82, 2.24) is 0 Å². The molecule has 18 heavy (non-hydrogen) atoms. The number of carbonyl (C=O) groups is 1. The summed E-state index contributed by atoms with van der Waals surface area (Å²) in [4.78, 5) is 11.1. The molecule has 0 saturated heterocycles. The molecule has 0 amide bonds. The van der Waals surface area contributed by atoms with E-state index in [1.165, 1.54) is 7.11 Å². The molecule has 1 rings (SSSR count). The Morgan fingerprint density at radius 3 is 2.56 bits per heavy atom. The SMILES string of the molecule is COC(=O)CC(Cl)Cc1cc(OC)ccc1OC. The molecule has 1 atom stereocenters. The molecule has 100 valence electrons. The molecule has 0 N–H and O–H groups in total. The van der Waals surface area contributed by atoms with Crippen molar-refractivity contribution < 1.29 is 19.0 Å². The molecule has 0 bridgehead atoms. The normalized spacial score (nSPS) is 11.8. The molecule has 0 spiro atoms. The summed E-state index contributed by atoms with van der Waals surface area (Å²) < 4.78 is 15.0. The highest BCUT2D eigenvalue weighted by Crippen LogP contribution is 2.26. The van der Waals surface area contributed by atoms with Crippen molar-refractivity contribution >= 4 is 17.6 Å². The zero-order valence-electron chi connectivity index (χ0n) is 10.7. The van der Waals surface area contributed by atoms with Gasteiger partial charge in [0.2, 0.25) is 0 Å². The van der Waals surface area contributed by atoms with Crippen LogP contribution in [0.2, 0.25) is 0 Å². The molecule has 0 heterocycles.